The van der Waals surface area contributed by atoms with Crippen LogP contribution in [0.4, 0.5) is 21.0 Å². The van der Waals surface area contributed by atoms with Crippen molar-refractivity contribution in [1.29, 1.82) is 0 Å². The molecule has 0 unspecified atom stereocenters. The topological polar surface area (TPSA) is 70.1 Å². The molecule has 0 spiro atoms. The van der Waals surface area contributed by atoms with Crippen molar-refractivity contribution >= 4 is 35.2 Å². The third-order valence-electron chi connectivity index (χ3n) is 3.62. The number of carbonyl (C=O) groups is 2. The first-order valence-corrected chi connectivity index (χ1v) is 8.70. The first kappa shape index (κ1) is 19.6. The molecule has 26 heavy (non-hydrogen) atoms. The number of hydrogen-bond donors (Lipinski definition) is 1. The van der Waals surface area contributed by atoms with E-state index in [1.165, 1.54) is 11.0 Å². The van der Waals surface area contributed by atoms with Gasteiger partial charge in [0.2, 0.25) is 0 Å². The third kappa shape index (κ3) is 4.89. The molecule has 0 aliphatic rings. The number of halogens is 1. The highest BCUT2D eigenvalue weighted by molar-refractivity contribution is 6.18. The average molecular weight is 377 g/mol. The average Bonchev–Trinajstić information content (AvgIpc) is 2.60. The molecule has 0 aliphatic carbocycles. The van der Waals surface area contributed by atoms with E-state index in [-0.39, 0.29) is 24.2 Å². The van der Waals surface area contributed by atoms with Gasteiger partial charge in [-0.3, -0.25) is 9.80 Å². The zero-order valence-corrected chi connectivity index (χ0v) is 15.4. The molecule has 0 atom stereocenters. The van der Waals surface area contributed by atoms with Crippen molar-refractivity contribution in [2.75, 3.05) is 22.2 Å². The van der Waals surface area contributed by atoms with E-state index in [2.05, 4.69) is 0 Å². The molecule has 0 bridgehead atoms. The summed E-state index contributed by atoms with van der Waals surface area (Å²) in [6.07, 6.45) is -1.66. The van der Waals surface area contributed by atoms with Gasteiger partial charge in [-0.15, -0.1) is 11.6 Å². The van der Waals surface area contributed by atoms with Gasteiger partial charge >= 0.3 is 12.2 Å². The van der Waals surface area contributed by atoms with Crippen LogP contribution in [0.3, 0.4) is 0 Å². The summed E-state index contributed by atoms with van der Waals surface area (Å²) in [4.78, 5) is 26.6. The standard InChI is InChI=1S/C19H21ClN2O4/c1-14(2)22(15-7-4-3-5-8-15)19(25)26-17-10-6-9-16(13-17)21(12-11-20)18(23)24/h3-10,13-14H,11-12H2,1-2H3,(H,23,24). The number of rotatable bonds is 6. The van der Waals surface area contributed by atoms with E-state index < -0.39 is 12.2 Å². The quantitative estimate of drug-likeness (QED) is 0.733. The maximum Gasteiger partial charge on any atom is 0.419 e. The summed E-state index contributed by atoms with van der Waals surface area (Å²) in [6.45, 7) is 3.91. The van der Waals surface area contributed by atoms with Crippen LogP contribution in [-0.2, 0) is 0 Å². The predicted molar refractivity (Wildman–Crippen MR) is 103 cm³/mol. The van der Waals surface area contributed by atoms with Crippen molar-refractivity contribution in [3.05, 3.63) is 54.6 Å². The van der Waals surface area contributed by atoms with Crippen molar-refractivity contribution in [1.82, 2.24) is 0 Å². The molecule has 0 aliphatic heterocycles. The van der Waals surface area contributed by atoms with E-state index in [9.17, 15) is 14.7 Å². The van der Waals surface area contributed by atoms with E-state index in [0.29, 0.717) is 5.69 Å². The Hall–Kier alpha value is -2.73. The number of anilines is 2. The zero-order valence-electron chi connectivity index (χ0n) is 14.6. The highest BCUT2D eigenvalue weighted by atomic mass is 35.5. The Morgan fingerprint density at radius 3 is 2.31 bits per heavy atom. The molecule has 6 nitrogen and oxygen atoms in total. The van der Waals surface area contributed by atoms with Gasteiger partial charge in [0, 0.05) is 30.2 Å². The maximum absolute atomic E-state index is 12.6. The van der Waals surface area contributed by atoms with Crippen LogP contribution >= 0.6 is 11.6 Å². The molecule has 7 heteroatoms. The molecule has 2 aromatic rings. The molecule has 138 valence electrons. The Morgan fingerprint density at radius 1 is 1.08 bits per heavy atom. The summed E-state index contributed by atoms with van der Waals surface area (Å²) in [5.41, 5.74) is 1.11. The number of nitrogens with zero attached hydrogens (tertiary/aromatic N) is 2. The number of para-hydroxylation sites is 1. The summed E-state index contributed by atoms with van der Waals surface area (Å²) in [6, 6.07) is 15.4. The second-order valence-electron chi connectivity index (χ2n) is 5.79. The van der Waals surface area contributed by atoms with E-state index >= 15 is 0 Å². The summed E-state index contributed by atoms with van der Waals surface area (Å²) >= 11 is 5.66. The molecule has 1 N–H and O–H groups in total. The van der Waals surface area contributed by atoms with Crippen LogP contribution in [0.25, 0.3) is 0 Å². The monoisotopic (exact) mass is 376 g/mol. The number of ether oxygens (including phenoxy) is 1. The predicted octanol–water partition coefficient (Wildman–Crippen LogP) is 4.82. The van der Waals surface area contributed by atoms with E-state index in [4.69, 9.17) is 16.3 Å². The van der Waals surface area contributed by atoms with Crippen molar-refractivity contribution in [3.63, 3.8) is 0 Å². The number of amides is 2. The summed E-state index contributed by atoms with van der Waals surface area (Å²) in [5, 5.41) is 9.29. The fourth-order valence-corrected chi connectivity index (χ4v) is 2.66. The van der Waals surface area contributed by atoms with Crippen molar-refractivity contribution in [3.8, 4) is 5.75 Å². The number of carboxylic acid groups (broad SMARTS) is 1. The largest absolute Gasteiger partial charge is 0.465 e. The van der Waals surface area contributed by atoms with Crippen molar-refractivity contribution in [2.45, 2.75) is 19.9 Å². The highest BCUT2D eigenvalue weighted by Crippen LogP contribution is 2.24. The van der Waals surface area contributed by atoms with Crippen LogP contribution in [-0.4, -0.2) is 35.8 Å². The van der Waals surface area contributed by atoms with Crippen LogP contribution < -0.4 is 14.5 Å². The molecular formula is C19H21ClN2O4. The molecule has 0 saturated heterocycles. The molecule has 0 fully saturated rings. The van der Waals surface area contributed by atoms with Crippen LogP contribution in [0.15, 0.2) is 54.6 Å². The lowest BCUT2D eigenvalue weighted by Crippen LogP contribution is -2.39. The number of benzene rings is 2. The first-order chi connectivity index (χ1) is 12.4. The Kier molecular flexibility index (Phi) is 6.86. The fourth-order valence-electron chi connectivity index (χ4n) is 2.49. The summed E-state index contributed by atoms with van der Waals surface area (Å²) in [5.74, 6) is 0.417. The number of carbonyl (C=O) groups excluding carboxylic acids is 1. The molecule has 0 saturated carbocycles. The van der Waals surface area contributed by atoms with Gasteiger partial charge in [0.05, 0.1) is 5.69 Å². The molecule has 0 heterocycles. The van der Waals surface area contributed by atoms with E-state index in [0.717, 1.165) is 10.6 Å². The normalized spacial score (nSPS) is 10.5. The van der Waals surface area contributed by atoms with E-state index in [1.807, 2.05) is 44.2 Å². The zero-order chi connectivity index (χ0) is 19.1. The van der Waals surface area contributed by atoms with Gasteiger partial charge in [-0.05, 0) is 38.1 Å². The maximum atomic E-state index is 12.6. The summed E-state index contributed by atoms with van der Waals surface area (Å²) in [7, 11) is 0. The van der Waals surface area contributed by atoms with Crippen molar-refractivity contribution < 1.29 is 19.4 Å². The second-order valence-corrected chi connectivity index (χ2v) is 6.17. The molecule has 2 aromatic carbocycles. The van der Waals surface area contributed by atoms with Crippen molar-refractivity contribution in [2.24, 2.45) is 0 Å². The minimum Gasteiger partial charge on any atom is -0.465 e. The van der Waals surface area contributed by atoms with Gasteiger partial charge in [-0.2, -0.15) is 0 Å². The van der Waals surface area contributed by atoms with Crippen LogP contribution in [0.1, 0.15) is 13.8 Å². The lowest BCUT2D eigenvalue weighted by atomic mass is 10.2. The Bertz CT molecular complexity index is 752. The lowest BCUT2D eigenvalue weighted by molar-refractivity contribution is 0.202. The Balaban J connectivity index is 2.23. The Morgan fingerprint density at radius 2 is 1.73 bits per heavy atom. The summed E-state index contributed by atoms with van der Waals surface area (Å²) < 4.78 is 5.48. The minimum atomic E-state index is -1.12. The molecule has 0 aromatic heterocycles. The van der Waals surface area contributed by atoms with Crippen LogP contribution in [0.2, 0.25) is 0 Å². The van der Waals surface area contributed by atoms with Crippen LogP contribution in [0, 0.1) is 0 Å². The number of alkyl halides is 1. The van der Waals surface area contributed by atoms with E-state index in [1.54, 1.807) is 18.2 Å². The van der Waals surface area contributed by atoms with Gasteiger partial charge < -0.3 is 9.84 Å². The fraction of sp³-hybridized carbons (Fsp3) is 0.263. The smallest absolute Gasteiger partial charge is 0.419 e. The minimum absolute atomic E-state index is 0.111. The highest BCUT2D eigenvalue weighted by Gasteiger charge is 2.22. The molecule has 0 radical (unpaired) electrons. The number of hydrogen-bond acceptors (Lipinski definition) is 3. The second kappa shape index (κ2) is 9.10. The van der Waals surface area contributed by atoms with Gasteiger partial charge in [0.25, 0.3) is 0 Å². The van der Waals surface area contributed by atoms with Gasteiger partial charge in [-0.1, -0.05) is 24.3 Å². The first-order valence-electron chi connectivity index (χ1n) is 8.16. The van der Waals surface area contributed by atoms with Gasteiger partial charge in [0.15, 0.2) is 0 Å². The van der Waals surface area contributed by atoms with Crippen LogP contribution in [0.5, 0.6) is 5.75 Å². The van der Waals surface area contributed by atoms with Gasteiger partial charge in [-0.25, -0.2) is 9.59 Å². The van der Waals surface area contributed by atoms with Gasteiger partial charge in [0.1, 0.15) is 5.75 Å². The molecular weight excluding hydrogens is 356 g/mol. The third-order valence-corrected chi connectivity index (χ3v) is 3.79. The SMILES string of the molecule is CC(C)N(C(=O)Oc1cccc(N(CCCl)C(=O)O)c1)c1ccccc1. The molecule has 2 amide bonds. The molecule has 2 rings (SSSR count). The lowest BCUT2D eigenvalue weighted by Gasteiger charge is -2.26. The Labute approximate surface area is 157 Å².